The molecule has 584 valence electrons. The summed E-state index contributed by atoms with van der Waals surface area (Å²) in [5.41, 5.74) is -0.925. The molecule has 0 unspecified atom stereocenters. The highest BCUT2D eigenvalue weighted by atomic mass is 35.5. The van der Waals surface area contributed by atoms with E-state index in [2.05, 4.69) is 29.1 Å². The second-order valence-electron chi connectivity index (χ2n) is 29.9. The summed E-state index contributed by atoms with van der Waals surface area (Å²) in [6.07, 6.45) is 1.43. The molecule has 2 aliphatic carbocycles. The highest BCUT2D eigenvalue weighted by molar-refractivity contribution is 6.31. The monoisotopic (exact) mass is 1500 g/mol. The number of fused-ring (bicyclic) bond motifs is 1. The van der Waals surface area contributed by atoms with Crippen LogP contribution in [0.5, 0.6) is 0 Å². The average molecular weight is 1500 g/mol. The van der Waals surface area contributed by atoms with Crippen LogP contribution < -0.4 is 16.0 Å². The second kappa shape index (κ2) is 37.9. The van der Waals surface area contributed by atoms with E-state index in [1.165, 1.54) is 89.9 Å². The molecule has 25 nitrogen and oxygen atoms in total. The summed E-state index contributed by atoms with van der Waals surface area (Å²) in [6.45, 7) is 16.0. The third-order valence-electron chi connectivity index (χ3n) is 21.9. The number of nitrogens with zero attached hydrogens (tertiary/aromatic N) is 9. The summed E-state index contributed by atoms with van der Waals surface area (Å²) in [6, 6.07) is -0.332. The third-order valence-corrected chi connectivity index (χ3v) is 22.2. The van der Waals surface area contributed by atoms with E-state index in [0.717, 1.165) is 45.2 Å². The van der Waals surface area contributed by atoms with Crippen LogP contribution in [0.25, 0.3) is 0 Å². The quantitative estimate of drug-likeness (QED) is 0.174. The number of ether oxygens (including phenoxy) is 1. The van der Waals surface area contributed by atoms with Gasteiger partial charge in [0.05, 0.1) is 43.3 Å². The Morgan fingerprint density at radius 3 is 1.91 bits per heavy atom. The number of hydrogen-bond acceptors (Lipinski definition) is 13. The minimum atomic E-state index is -4.78. The fraction of sp³-hybridized carbons (Fsp3) is 0.636. The number of carbonyl (C=O) groups is 12. The van der Waals surface area contributed by atoms with Gasteiger partial charge in [-0.2, -0.15) is 13.2 Å². The zero-order valence-electron chi connectivity index (χ0n) is 63.5. The Bertz CT molecular complexity index is 3530. The maximum Gasteiger partial charge on any atom is 0.417 e. The van der Waals surface area contributed by atoms with E-state index in [0.29, 0.717) is 44.1 Å². The van der Waals surface area contributed by atoms with Gasteiger partial charge < -0.3 is 64.8 Å². The van der Waals surface area contributed by atoms with Crippen LogP contribution in [0, 0.1) is 24.7 Å². The first-order chi connectivity index (χ1) is 50.1. The number of rotatable bonds is 15. The third kappa shape index (κ3) is 20.8. The molecule has 1 spiro atoms. The van der Waals surface area contributed by atoms with E-state index in [9.17, 15) is 27.6 Å². The van der Waals surface area contributed by atoms with Crippen LogP contribution in [-0.4, -0.2) is 264 Å². The van der Waals surface area contributed by atoms with E-state index in [1.54, 1.807) is 19.1 Å². The largest absolute Gasteiger partial charge is 0.417 e. The molecule has 3 aliphatic heterocycles. The molecule has 2 aromatic carbocycles. The van der Waals surface area contributed by atoms with Crippen molar-refractivity contribution in [3.63, 3.8) is 0 Å². The van der Waals surface area contributed by atoms with Gasteiger partial charge in [-0.1, -0.05) is 119 Å². The van der Waals surface area contributed by atoms with E-state index in [4.69, 9.17) is 16.3 Å². The number of likely N-dealkylation sites (N-methyl/N-ethyl adjacent to an activating group) is 6. The molecule has 0 bridgehead atoms. The van der Waals surface area contributed by atoms with Gasteiger partial charge in [0.15, 0.2) is 0 Å². The van der Waals surface area contributed by atoms with Crippen molar-refractivity contribution >= 4 is 82.5 Å². The number of carbonyl (C=O) groups excluding carboxylic acids is 12. The van der Waals surface area contributed by atoms with E-state index in [-0.39, 0.29) is 102 Å². The van der Waals surface area contributed by atoms with Crippen molar-refractivity contribution in [1.29, 1.82) is 0 Å². The van der Waals surface area contributed by atoms with E-state index in [1.807, 2.05) is 39.8 Å². The van der Waals surface area contributed by atoms with Crippen LogP contribution >= 0.6 is 11.6 Å². The van der Waals surface area contributed by atoms with Gasteiger partial charge in [0.1, 0.15) is 53.9 Å². The molecular formula is C77H110ClF3N12O13. The topological polar surface area (TPSA) is 279 Å². The van der Waals surface area contributed by atoms with Gasteiger partial charge in [-0.3, -0.25) is 57.5 Å². The van der Waals surface area contributed by atoms with Crippen LogP contribution in [0.4, 0.5) is 13.2 Å². The number of aryl methyl sites for hydroxylation is 2. The fourth-order valence-corrected chi connectivity index (χ4v) is 15.6. The number of benzene rings is 2. The first kappa shape index (κ1) is 84.9. The Labute approximate surface area is 626 Å². The van der Waals surface area contributed by atoms with Crippen molar-refractivity contribution in [2.24, 2.45) is 17.8 Å². The van der Waals surface area contributed by atoms with Crippen LogP contribution in [0.3, 0.4) is 0 Å². The van der Waals surface area contributed by atoms with Crippen LogP contribution in [-0.2, 0) is 81.3 Å². The Morgan fingerprint density at radius 1 is 0.689 bits per heavy atom. The van der Waals surface area contributed by atoms with Crippen molar-refractivity contribution in [1.82, 2.24) is 60.0 Å². The van der Waals surface area contributed by atoms with Crippen molar-refractivity contribution in [3.8, 4) is 0 Å². The maximum absolute atomic E-state index is 15.8. The Kier molecular flexibility index (Phi) is 30.4. The molecule has 5 fully saturated rings. The lowest BCUT2D eigenvalue weighted by Crippen LogP contribution is -2.65. The van der Waals surface area contributed by atoms with Gasteiger partial charge in [-0.15, -0.1) is 13.2 Å². The van der Waals surface area contributed by atoms with Gasteiger partial charge in [0.2, 0.25) is 70.9 Å². The van der Waals surface area contributed by atoms with Gasteiger partial charge >= 0.3 is 6.18 Å². The summed E-state index contributed by atoms with van der Waals surface area (Å²) in [4.78, 5) is 193. The summed E-state index contributed by atoms with van der Waals surface area (Å²) in [5.74, 6) is -9.60. The molecule has 0 aromatic heterocycles. The summed E-state index contributed by atoms with van der Waals surface area (Å²) >= 11 is 6.18. The first-order valence-electron chi connectivity index (χ1n) is 37.2. The molecule has 0 radical (unpaired) electrons. The molecule has 29 heteroatoms. The highest BCUT2D eigenvalue weighted by Gasteiger charge is 2.52. The first-order valence-corrected chi connectivity index (χ1v) is 37.5. The van der Waals surface area contributed by atoms with Gasteiger partial charge in [-0.25, -0.2) is 0 Å². The maximum atomic E-state index is 15.8. The molecule has 3 saturated heterocycles. The molecule has 2 saturated carbocycles. The smallest absolute Gasteiger partial charge is 0.378 e. The predicted molar refractivity (Wildman–Crippen MR) is 392 cm³/mol. The normalized spacial score (nSPS) is 25.5. The van der Waals surface area contributed by atoms with Gasteiger partial charge in [0.25, 0.3) is 0 Å². The minimum absolute atomic E-state index is 0.00244. The average Bonchev–Trinajstić information content (AvgIpc) is 1.50. The zero-order valence-corrected chi connectivity index (χ0v) is 64.2. The van der Waals surface area contributed by atoms with Crippen molar-refractivity contribution in [3.05, 3.63) is 95.1 Å². The molecular weight excluding hydrogens is 1390 g/mol. The molecule has 7 rings (SSSR count). The van der Waals surface area contributed by atoms with Gasteiger partial charge in [0, 0.05) is 74.9 Å². The molecule has 3 heterocycles. The fourth-order valence-electron chi connectivity index (χ4n) is 15.3. The molecule has 3 N–H and O–H groups in total. The molecule has 5 aliphatic rings. The van der Waals surface area contributed by atoms with Crippen LogP contribution in [0.1, 0.15) is 146 Å². The lowest BCUT2D eigenvalue weighted by atomic mass is 9.90. The standard InChI is InChI=1S/C77H110ClF3N12O13/c1-14-22-58-72(102)92(36-15-2)61(44-52-28-26-49(6)27-29-52)70(100)85(8)46-62(94)82-56(33-31-51-30-32-54(55(78)43-51)77(79,80)81)69(99)93-37-21-25-57(93)68(98)84-76(34-19-20-35-76)75(105)90(13)66(53-23-17-18-24-53)74(104)89(12)60(71(101)91-38-40-106-41-39-91)45-63(95)88(11)59(42-48(4)5)67(97)83-65(50(7)16-3)73(103)86(9)47-64(96)87(58)10/h14-15,26-30,32,43,48,50,53,56-61,65-66H,1-2,16-25,31,33-42,44-47H2,3-13H3,(H,82,94)(H,83,97)(H,84,98)/t50-,56-,57-,58-,59-,60-,61-,65-,66-/m0/s1. The SMILES string of the molecule is C=CC[C@H]1C(=O)N(CC=C)[C@@H](Cc2ccc(C)cc2)C(=O)N(C)CC(=O)N[C@@H](CCc2ccc(C(F)(F)F)c(Cl)c2)C(=O)N2CCC[C@H]2C(=O)NC2(CCCC2)C(=O)N(C)[C@@H](C2CCCC2)C(=O)N(C)[C@H](C(=O)N2CCOCC2)CC(=O)N(C)[C@@H](CC(C)C)C(=O)N[C@@H]([C@@H](C)CC)C(=O)N(C)CC(=O)N1C. The van der Waals surface area contributed by atoms with Crippen molar-refractivity contribution < 1.29 is 75.4 Å². The van der Waals surface area contributed by atoms with Gasteiger partial charge in [-0.05, 0) is 112 Å². The summed E-state index contributed by atoms with van der Waals surface area (Å²) in [5, 5.41) is 8.13. The number of hydrogen-bond donors (Lipinski definition) is 3. The Hall–Kier alpha value is -8.40. The van der Waals surface area contributed by atoms with Crippen molar-refractivity contribution in [2.75, 3.05) is 94.8 Å². The molecule has 2 aromatic rings. The molecule has 9 atom stereocenters. The van der Waals surface area contributed by atoms with E-state index >= 15 is 43.2 Å². The Morgan fingerprint density at radius 2 is 1.31 bits per heavy atom. The number of nitrogens with one attached hydrogen (secondary N) is 3. The van der Waals surface area contributed by atoms with E-state index < -0.39 is 173 Å². The molecule has 106 heavy (non-hydrogen) atoms. The number of amides is 12. The minimum Gasteiger partial charge on any atom is -0.378 e. The predicted octanol–water partition coefficient (Wildman–Crippen LogP) is 5.96. The van der Waals surface area contributed by atoms with Crippen LogP contribution in [0.2, 0.25) is 5.02 Å². The lowest BCUT2D eigenvalue weighted by Gasteiger charge is -2.42. The highest BCUT2D eigenvalue weighted by Crippen LogP contribution is 2.39. The summed E-state index contributed by atoms with van der Waals surface area (Å²) in [7, 11) is 8.39. The van der Waals surface area contributed by atoms with Crippen LogP contribution in [0.15, 0.2) is 67.8 Å². The molecule has 12 amide bonds. The van der Waals surface area contributed by atoms with Crippen molar-refractivity contribution in [2.45, 2.75) is 204 Å². The summed E-state index contributed by atoms with van der Waals surface area (Å²) < 4.78 is 47.5. The number of halogens is 4. The Balaban J connectivity index is 1.34. The number of morpholine rings is 1. The number of alkyl halides is 3. The zero-order chi connectivity index (χ0) is 78.2. The lowest BCUT2D eigenvalue weighted by molar-refractivity contribution is -0.157. The second-order valence-corrected chi connectivity index (χ2v) is 30.3.